The second kappa shape index (κ2) is 11.5. The predicted molar refractivity (Wildman–Crippen MR) is 119 cm³/mol. The summed E-state index contributed by atoms with van der Waals surface area (Å²) in [5.74, 6) is 0.827. The van der Waals surface area contributed by atoms with E-state index in [2.05, 4.69) is 15.6 Å². The second-order valence-electron chi connectivity index (χ2n) is 6.44. The summed E-state index contributed by atoms with van der Waals surface area (Å²) in [6.07, 6.45) is 0.767. The molecule has 0 bridgehead atoms. The van der Waals surface area contributed by atoms with Crippen molar-refractivity contribution in [3.63, 3.8) is 0 Å². The third-order valence-electron chi connectivity index (χ3n) is 4.10. The zero-order chi connectivity index (χ0) is 21.2. The molecule has 1 amide bonds. The van der Waals surface area contributed by atoms with E-state index in [4.69, 9.17) is 33.7 Å². The standard InChI is InChI=1S/C21H26Cl2N4O2/c1-3-25-21(27-14(2)18-9-6-16(22)12-19(18)23)26-11-10-15-4-7-17(8-5-15)29-13-20(24)28/h4-9,12,14H,3,10-11,13H2,1-2H3,(H2,24,28)(H2,25,26,27). The molecule has 0 saturated heterocycles. The summed E-state index contributed by atoms with van der Waals surface area (Å²) >= 11 is 12.3. The number of amides is 1. The largest absolute Gasteiger partial charge is 0.484 e. The number of nitrogens with two attached hydrogens (primary N) is 1. The van der Waals surface area contributed by atoms with E-state index < -0.39 is 5.91 Å². The molecule has 156 valence electrons. The molecule has 2 rings (SSSR count). The van der Waals surface area contributed by atoms with Crippen LogP contribution < -0.4 is 21.1 Å². The van der Waals surface area contributed by atoms with Crippen LogP contribution >= 0.6 is 23.2 Å². The molecular formula is C21H26Cl2N4O2. The van der Waals surface area contributed by atoms with Gasteiger partial charge in [0.1, 0.15) is 5.75 Å². The van der Waals surface area contributed by atoms with Gasteiger partial charge in [0.2, 0.25) is 0 Å². The molecule has 0 aliphatic carbocycles. The van der Waals surface area contributed by atoms with Crippen LogP contribution in [0.15, 0.2) is 47.5 Å². The fourth-order valence-corrected chi connectivity index (χ4v) is 3.23. The van der Waals surface area contributed by atoms with Gasteiger partial charge in [0.05, 0.1) is 6.04 Å². The Morgan fingerprint density at radius 3 is 2.55 bits per heavy atom. The van der Waals surface area contributed by atoms with Crippen LogP contribution in [0.2, 0.25) is 10.0 Å². The summed E-state index contributed by atoms with van der Waals surface area (Å²) < 4.78 is 5.26. The number of carbonyl (C=O) groups is 1. The monoisotopic (exact) mass is 436 g/mol. The minimum Gasteiger partial charge on any atom is -0.484 e. The predicted octanol–water partition coefficient (Wildman–Crippen LogP) is 3.72. The number of halogens is 2. The van der Waals surface area contributed by atoms with Gasteiger partial charge < -0.3 is 21.1 Å². The zero-order valence-electron chi connectivity index (χ0n) is 16.5. The Labute approximate surface area is 181 Å². The Bertz CT molecular complexity index is 841. The summed E-state index contributed by atoms with van der Waals surface area (Å²) in [6.45, 7) is 5.27. The molecule has 8 heteroatoms. The molecule has 4 N–H and O–H groups in total. The van der Waals surface area contributed by atoms with Crippen LogP contribution in [0.1, 0.15) is 31.0 Å². The van der Waals surface area contributed by atoms with Crippen molar-refractivity contribution in [1.29, 1.82) is 0 Å². The molecule has 6 nitrogen and oxygen atoms in total. The van der Waals surface area contributed by atoms with Crippen molar-refractivity contribution in [1.82, 2.24) is 10.6 Å². The first kappa shape index (κ1) is 22.8. The van der Waals surface area contributed by atoms with Gasteiger partial charge in [-0.15, -0.1) is 0 Å². The number of primary amides is 1. The SMILES string of the molecule is CCNC(=NCCc1ccc(OCC(N)=O)cc1)NC(C)c1ccc(Cl)cc1Cl. The minimum atomic E-state index is -0.499. The lowest BCUT2D eigenvalue weighted by Gasteiger charge is -2.19. The topological polar surface area (TPSA) is 88.7 Å². The molecule has 0 aliphatic heterocycles. The highest BCUT2D eigenvalue weighted by atomic mass is 35.5. The van der Waals surface area contributed by atoms with Gasteiger partial charge in [-0.1, -0.05) is 41.4 Å². The molecule has 0 spiro atoms. The molecule has 1 atom stereocenters. The molecule has 0 aromatic heterocycles. The first-order valence-corrected chi connectivity index (χ1v) is 10.1. The summed E-state index contributed by atoms with van der Waals surface area (Å²) in [5, 5.41) is 7.83. The molecule has 0 heterocycles. The maximum Gasteiger partial charge on any atom is 0.255 e. The normalized spacial score (nSPS) is 12.3. The van der Waals surface area contributed by atoms with Crippen molar-refractivity contribution in [2.45, 2.75) is 26.3 Å². The quantitative estimate of drug-likeness (QED) is 0.412. The van der Waals surface area contributed by atoms with Crippen molar-refractivity contribution in [2.75, 3.05) is 19.7 Å². The Balaban J connectivity index is 1.93. The molecule has 0 aliphatic rings. The van der Waals surface area contributed by atoms with Gasteiger partial charge in [-0.3, -0.25) is 9.79 Å². The first-order chi connectivity index (χ1) is 13.9. The van der Waals surface area contributed by atoms with E-state index in [9.17, 15) is 4.79 Å². The summed E-state index contributed by atoms with van der Waals surface area (Å²) in [4.78, 5) is 15.4. The van der Waals surface area contributed by atoms with Crippen LogP contribution in [-0.4, -0.2) is 31.6 Å². The lowest BCUT2D eigenvalue weighted by molar-refractivity contribution is -0.119. The van der Waals surface area contributed by atoms with Crippen molar-refractivity contribution >= 4 is 35.1 Å². The van der Waals surface area contributed by atoms with E-state index in [0.29, 0.717) is 28.3 Å². The smallest absolute Gasteiger partial charge is 0.255 e. The van der Waals surface area contributed by atoms with E-state index in [1.54, 1.807) is 6.07 Å². The van der Waals surface area contributed by atoms with Crippen LogP contribution in [0, 0.1) is 0 Å². The highest BCUT2D eigenvalue weighted by Gasteiger charge is 2.11. The third kappa shape index (κ3) is 7.83. The minimum absolute atomic E-state index is 0.0285. The van der Waals surface area contributed by atoms with E-state index in [1.807, 2.05) is 50.2 Å². The fourth-order valence-electron chi connectivity index (χ4n) is 2.66. The van der Waals surface area contributed by atoms with Crippen molar-refractivity contribution in [3.8, 4) is 5.75 Å². The Hall–Kier alpha value is -2.44. The van der Waals surface area contributed by atoms with Crippen molar-refractivity contribution < 1.29 is 9.53 Å². The number of hydrogen-bond acceptors (Lipinski definition) is 3. The summed E-state index contributed by atoms with van der Waals surface area (Å²) in [7, 11) is 0. The van der Waals surface area contributed by atoms with Gasteiger partial charge in [-0.2, -0.15) is 0 Å². The van der Waals surface area contributed by atoms with Crippen molar-refractivity contribution in [2.24, 2.45) is 10.7 Å². The molecule has 0 fully saturated rings. The van der Waals surface area contributed by atoms with Crippen LogP contribution in [-0.2, 0) is 11.2 Å². The number of benzene rings is 2. The number of ether oxygens (including phenoxy) is 1. The molecule has 2 aromatic rings. The maximum absolute atomic E-state index is 10.8. The van der Waals surface area contributed by atoms with Crippen LogP contribution in [0.4, 0.5) is 0 Å². The lowest BCUT2D eigenvalue weighted by Crippen LogP contribution is -2.39. The lowest BCUT2D eigenvalue weighted by atomic mass is 10.1. The van der Waals surface area contributed by atoms with Crippen LogP contribution in [0.3, 0.4) is 0 Å². The molecule has 0 saturated carbocycles. The van der Waals surface area contributed by atoms with E-state index in [-0.39, 0.29) is 12.6 Å². The van der Waals surface area contributed by atoms with E-state index in [0.717, 1.165) is 24.1 Å². The Morgan fingerprint density at radius 2 is 1.93 bits per heavy atom. The van der Waals surface area contributed by atoms with Gasteiger partial charge in [0.15, 0.2) is 12.6 Å². The summed E-state index contributed by atoms with van der Waals surface area (Å²) in [6, 6.07) is 13.0. The molecule has 0 radical (unpaired) electrons. The van der Waals surface area contributed by atoms with Crippen LogP contribution in [0.25, 0.3) is 0 Å². The number of guanidine groups is 1. The zero-order valence-corrected chi connectivity index (χ0v) is 18.1. The van der Waals surface area contributed by atoms with Crippen molar-refractivity contribution in [3.05, 3.63) is 63.6 Å². The number of carbonyl (C=O) groups excluding carboxylic acids is 1. The maximum atomic E-state index is 10.8. The highest BCUT2D eigenvalue weighted by Crippen LogP contribution is 2.26. The average Bonchev–Trinajstić information content (AvgIpc) is 2.67. The average molecular weight is 437 g/mol. The van der Waals surface area contributed by atoms with Gasteiger partial charge in [0, 0.05) is 23.1 Å². The van der Waals surface area contributed by atoms with Gasteiger partial charge in [-0.05, 0) is 55.7 Å². The molecule has 1 unspecified atom stereocenters. The molecule has 2 aromatic carbocycles. The Morgan fingerprint density at radius 1 is 1.21 bits per heavy atom. The van der Waals surface area contributed by atoms with Gasteiger partial charge >= 0.3 is 0 Å². The fraction of sp³-hybridized carbons (Fsp3) is 0.333. The number of aliphatic imine (C=N–C) groups is 1. The molecule has 29 heavy (non-hydrogen) atoms. The number of nitrogens with one attached hydrogen (secondary N) is 2. The first-order valence-electron chi connectivity index (χ1n) is 9.39. The summed E-state index contributed by atoms with van der Waals surface area (Å²) in [5.41, 5.74) is 7.14. The second-order valence-corrected chi connectivity index (χ2v) is 7.29. The van der Waals surface area contributed by atoms with Crippen LogP contribution in [0.5, 0.6) is 5.75 Å². The number of hydrogen-bond donors (Lipinski definition) is 3. The van der Waals surface area contributed by atoms with E-state index >= 15 is 0 Å². The number of rotatable bonds is 9. The van der Waals surface area contributed by atoms with Gasteiger partial charge in [0.25, 0.3) is 5.91 Å². The molecular weight excluding hydrogens is 411 g/mol. The van der Waals surface area contributed by atoms with Gasteiger partial charge in [-0.25, -0.2) is 0 Å². The number of nitrogens with zero attached hydrogens (tertiary/aromatic N) is 1. The third-order valence-corrected chi connectivity index (χ3v) is 4.66. The highest BCUT2D eigenvalue weighted by molar-refractivity contribution is 6.35. The van der Waals surface area contributed by atoms with E-state index in [1.165, 1.54) is 0 Å². The Kier molecular flexibility index (Phi) is 9.09.